The SMILES string of the molecule is Cc1ccccc1-c1noc(CN2CCC(C(=O)Nc3cccc4ccccc34)CC2)n1. The molecule has 1 saturated heterocycles. The first kappa shape index (κ1) is 20.4. The van der Waals surface area contributed by atoms with Gasteiger partial charge in [-0.25, -0.2) is 0 Å². The number of piperidine rings is 1. The molecule has 1 fully saturated rings. The third-order valence-corrected chi connectivity index (χ3v) is 6.22. The minimum Gasteiger partial charge on any atom is -0.338 e. The maximum absolute atomic E-state index is 12.9. The van der Waals surface area contributed by atoms with Crippen LogP contribution in [0.3, 0.4) is 0 Å². The van der Waals surface area contributed by atoms with Gasteiger partial charge in [0.25, 0.3) is 0 Å². The van der Waals surface area contributed by atoms with E-state index in [4.69, 9.17) is 4.52 Å². The number of likely N-dealkylation sites (tertiary alicyclic amines) is 1. The first-order valence-electron chi connectivity index (χ1n) is 11.1. The Balaban J connectivity index is 1.18. The number of benzene rings is 3. The molecule has 0 unspecified atom stereocenters. The molecule has 5 rings (SSSR count). The summed E-state index contributed by atoms with van der Waals surface area (Å²) in [5, 5.41) is 9.50. The van der Waals surface area contributed by atoms with Gasteiger partial charge in [-0.15, -0.1) is 0 Å². The molecule has 0 atom stereocenters. The molecule has 0 bridgehead atoms. The molecule has 162 valence electrons. The van der Waals surface area contributed by atoms with Crippen LogP contribution in [0.1, 0.15) is 24.3 Å². The molecular weight excluding hydrogens is 400 g/mol. The Hall–Kier alpha value is -3.51. The number of hydrogen-bond donors (Lipinski definition) is 1. The predicted molar refractivity (Wildman–Crippen MR) is 125 cm³/mol. The second-order valence-corrected chi connectivity index (χ2v) is 8.39. The Bertz CT molecular complexity index is 1240. The van der Waals surface area contributed by atoms with E-state index in [1.54, 1.807) is 0 Å². The van der Waals surface area contributed by atoms with Gasteiger partial charge in [0.2, 0.25) is 17.6 Å². The zero-order chi connectivity index (χ0) is 21.9. The Labute approximate surface area is 187 Å². The minimum atomic E-state index is 0.00966. The summed E-state index contributed by atoms with van der Waals surface area (Å²) in [6.45, 7) is 4.31. The lowest BCUT2D eigenvalue weighted by Crippen LogP contribution is -2.37. The summed E-state index contributed by atoms with van der Waals surface area (Å²) in [7, 11) is 0. The molecule has 6 nitrogen and oxygen atoms in total. The van der Waals surface area contributed by atoms with Crippen molar-refractivity contribution < 1.29 is 9.32 Å². The average molecular weight is 427 g/mol. The number of nitrogens with one attached hydrogen (secondary N) is 1. The summed E-state index contributed by atoms with van der Waals surface area (Å²) in [5.41, 5.74) is 2.99. The molecule has 1 amide bonds. The third-order valence-electron chi connectivity index (χ3n) is 6.22. The highest BCUT2D eigenvalue weighted by molar-refractivity contribution is 6.02. The molecule has 4 aromatic rings. The zero-order valence-electron chi connectivity index (χ0n) is 18.1. The maximum atomic E-state index is 12.9. The van der Waals surface area contributed by atoms with Crippen molar-refractivity contribution in [1.29, 1.82) is 0 Å². The lowest BCUT2D eigenvalue weighted by atomic mass is 9.95. The summed E-state index contributed by atoms with van der Waals surface area (Å²) in [4.78, 5) is 19.7. The van der Waals surface area contributed by atoms with E-state index in [2.05, 4.69) is 32.5 Å². The highest BCUT2D eigenvalue weighted by atomic mass is 16.5. The monoisotopic (exact) mass is 426 g/mol. The normalized spacial score (nSPS) is 15.2. The van der Waals surface area contributed by atoms with Crippen LogP contribution >= 0.6 is 0 Å². The van der Waals surface area contributed by atoms with E-state index in [1.165, 1.54) is 0 Å². The van der Waals surface area contributed by atoms with Gasteiger partial charge >= 0.3 is 0 Å². The Morgan fingerprint density at radius 2 is 1.78 bits per heavy atom. The smallest absolute Gasteiger partial charge is 0.241 e. The van der Waals surface area contributed by atoms with Crippen LogP contribution in [0.4, 0.5) is 5.69 Å². The van der Waals surface area contributed by atoms with Crippen LogP contribution < -0.4 is 5.32 Å². The lowest BCUT2D eigenvalue weighted by molar-refractivity contribution is -0.121. The Kier molecular flexibility index (Phi) is 5.69. The summed E-state index contributed by atoms with van der Waals surface area (Å²) < 4.78 is 5.49. The fraction of sp³-hybridized carbons (Fsp3) is 0.269. The fourth-order valence-electron chi connectivity index (χ4n) is 4.37. The molecule has 0 spiro atoms. The van der Waals surface area contributed by atoms with E-state index in [-0.39, 0.29) is 11.8 Å². The summed E-state index contributed by atoms with van der Waals surface area (Å²) >= 11 is 0. The highest BCUT2D eigenvalue weighted by Crippen LogP contribution is 2.26. The topological polar surface area (TPSA) is 71.3 Å². The maximum Gasteiger partial charge on any atom is 0.241 e. The van der Waals surface area contributed by atoms with Gasteiger partial charge < -0.3 is 9.84 Å². The molecule has 1 aromatic heterocycles. The number of carbonyl (C=O) groups is 1. The van der Waals surface area contributed by atoms with Gasteiger partial charge in [0.1, 0.15) is 0 Å². The quantitative estimate of drug-likeness (QED) is 0.484. The van der Waals surface area contributed by atoms with Crippen molar-refractivity contribution in [3.63, 3.8) is 0 Å². The van der Waals surface area contributed by atoms with E-state index in [1.807, 2.05) is 61.5 Å². The van der Waals surface area contributed by atoms with E-state index >= 15 is 0 Å². The van der Waals surface area contributed by atoms with Gasteiger partial charge in [-0.2, -0.15) is 4.98 Å². The first-order chi connectivity index (χ1) is 15.7. The largest absolute Gasteiger partial charge is 0.338 e. The van der Waals surface area contributed by atoms with E-state index in [0.717, 1.165) is 53.5 Å². The number of amides is 1. The second-order valence-electron chi connectivity index (χ2n) is 8.39. The van der Waals surface area contributed by atoms with Crippen molar-refractivity contribution in [3.05, 3.63) is 78.2 Å². The van der Waals surface area contributed by atoms with Crippen molar-refractivity contribution in [3.8, 4) is 11.4 Å². The van der Waals surface area contributed by atoms with Crippen LogP contribution in [0, 0.1) is 12.8 Å². The molecule has 0 saturated carbocycles. The number of anilines is 1. The number of carbonyl (C=O) groups excluding carboxylic acids is 1. The first-order valence-corrected chi connectivity index (χ1v) is 11.1. The van der Waals surface area contributed by atoms with E-state index in [0.29, 0.717) is 18.3 Å². The van der Waals surface area contributed by atoms with Gasteiger partial charge in [0, 0.05) is 22.6 Å². The van der Waals surface area contributed by atoms with Crippen LogP contribution in [-0.4, -0.2) is 34.0 Å². The van der Waals surface area contributed by atoms with Crippen LogP contribution in [-0.2, 0) is 11.3 Å². The summed E-state index contributed by atoms with van der Waals surface area (Å²) in [5.74, 6) is 1.35. The molecule has 1 aliphatic heterocycles. The number of aryl methyl sites for hydroxylation is 1. The fourth-order valence-corrected chi connectivity index (χ4v) is 4.37. The van der Waals surface area contributed by atoms with Crippen LogP contribution in [0.15, 0.2) is 71.3 Å². The molecule has 0 radical (unpaired) electrons. The molecule has 0 aliphatic carbocycles. The van der Waals surface area contributed by atoms with Crippen molar-refractivity contribution >= 4 is 22.4 Å². The summed E-state index contributed by atoms with van der Waals surface area (Å²) in [6.07, 6.45) is 1.63. The number of aromatic nitrogens is 2. The van der Waals surface area contributed by atoms with Gasteiger partial charge in [-0.05, 0) is 49.9 Å². The van der Waals surface area contributed by atoms with Crippen molar-refractivity contribution in [1.82, 2.24) is 15.0 Å². The average Bonchev–Trinajstić information content (AvgIpc) is 3.28. The molecular formula is C26H26N4O2. The van der Waals surface area contributed by atoms with Crippen LogP contribution in [0.25, 0.3) is 22.2 Å². The van der Waals surface area contributed by atoms with Crippen LogP contribution in [0.2, 0.25) is 0 Å². The minimum absolute atomic E-state index is 0.00966. The number of hydrogen-bond acceptors (Lipinski definition) is 5. The Morgan fingerprint density at radius 3 is 2.62 bits per heavy atom. The molecule has 32 heavy (non-hydrogen) atoms. The predicted octanol–water partition coefficient (Wildman–Crippen LogP) is 5.05. The molecule has 3 aromatic carbocycles. The third kappa shape index (κ3) is 4.27. The van der Waals surface area contributed by atoms with E-state index in [9.17, 15) is 4.79 Å². The summed E-state index contributed by atoms with van der Waals surface area (Å²) in [6, 6.07) is 22.2. The van der Waals surface area contributed by atoms with Crippen molar-refractivity contribution in [2.45, 2.75) is 26.3 Å². The highest BCUT2D eigenvalue weighted by Gasteiger charge is 2.26. The van der Waals surface area contributed by atoms with Crippen molar-refractivity contribution in [2.75, 3.05) is 18.4 Å². The second kappa shape index (κ2) is 8.93. The lowest BCUT2D eigenvalue weighted by Gasteiger charge is -2.30. The molecule has 6 heteroatoms. The Morgan fingerprint density at radius 1 is 1.03 bits per heavy atom. The van der Waals surface area contributed by atoms with E-state index < -0.39 is 0 Å². The van der Waals surface area contributed by atoms with Gasteiger partial charge in [-0.1, -0.05) is 65.8 Å². The number of rotatable bonds is 5. The van der Waals surface area contributed by atoms with Crippen LogP contribution in [0.5, 0.6) is 0 Å². The van der Waals surface area contributed by atoms with Gasteiger partial charge in [0.05, 0.1) is 6.54 Å². The molecule has 1 aliphatic rings. The zero-order valence-corrected chi connectivity index (χ0v) is 18.1. The molecule has 1 N–H and O–H groups in total. The van der Waals surface area contributed by atoms with Gasteiger partial charge in [0.15, 0.2) is 0 Å². The van der Waals surface area contributed by atoms with Gasteiger partial charge in [-0.3, -0.25) is 9.69 Å². The molecule has 2 heterocycles. The number of nitrogens with zero attached hydrogens (tertiary/aromatic N) is 3. The number of fused-ring (bicyclic) bond motifs is 1. The standard InChI is InChI=1S/C26H26N4O2/c1-18-7-2-4-10-21(18)25-28-24(32-29-25)17-30-15-13-20(14-16-30)26(31)27-23-12-6-9-19-8-3-5-11-22(19)23/h2-12,20H,13-17H2,1H3,(H,27,31). The van der Waals surface area contributed by atoms with Crippen molar-refractivity contribution in [2.24, 2.45) is 5.92 Å².